The fraction of sp³-hybridized carbons (Fsp3) is 0.548. The molecule has 4 rings (SSSR count). The van der Waals surface area contributed by atoms with E-state index in [1.54, 1.807) is 12.1 Å². The van der Waals surface area contributed by atoms with Gasteiger partial charge in [-0.15, -0.1) is 0 Å². The number of carbonyl (C=O) groups excluding carboxylic acids is 1. The first-order valence-corrected chi connectivity index (χ1v) is 14.2. The highest BCUT2D eigenvalue weighted by Crippen LogP contribution is 2.34. The van der Waals surface area contributed by atoms with Crippen molar-refractivity contribution in [1.29, 1.82) is 5.26 Å². The van der Waals surface area contributed by atoms with Gasteiger partial charge in [0.15, 0.2) is 0 Å². The van der Waals surface area contributed by atoms with Gasteiger partial charge in [-0.05, 0) is 60.7 Å². The molecular weight excluding hydrogens is 515 g/mol. The fourth-order valence-corrected chi connectivity index (χ4v) is 5.50. The molecule has 2 aromatic carbocycles. The molecule has 9 heteroatoms. The van der Waals surface area contributed by atoms with E-state index in [2.05, 4.69) is 54.8 Å². The number of piperazine rings is 1. The van der Waals surface area contributed by atoms with E-state index in [9.17, 15) is 18.0 Å². The number of benzene rings is 2. The third-order valence-corrected chi connectivity index (χ3v) is 7.98. The number of carbonyl (C=O) groups is 1. The van der Waals surface area contributed by atoms with Gasteiger partial charge in [0.05, 0.1) is 17.2 Å². The molecule has 1 amide bonds. The molecule has 2 saturated heterocycles. The Morgan fingerprint density at radius 1 is 0.850 bits per heavy atom. The first-order valence-electron chi connectivity index (χ1n) is 14.2. The summed E-state index contributed by atoms with van der Waals surface area (Å²) in [6.07, 6.45) is -2.63. The van der Waals surface area contributed by atoms with Gasteiger partial charge in [0, 0.05) is 70.2 Å². The number of nitrogens with zero attached hydrogens (tertiary/aromatic N) is 5. The highest BCUT2D eigenvalue weighted by molar-refractivity contribution is 5.76. The third kappa shape index (κ3) is 7.48. The molecule has 2 heterocycles. The minimum absolute atomic E-state index is 0.107. The number of nitriles is 1. The van der Waals surface area contributed by atoms with Gasteiger partial charge in [0.2, 0.25) is 5.91 Å². The summed E-state index contributed by atoms with van der Waals surface area (Å²) in [5.74, 6) is 0.107. The molecule has 0 saturated carbocycles. The summed E-state index contributed by atoms with van der Waals surface area (Å²) >= 11 is 0. The summed E-state index contributed by atoms with van der Waals surface area (Å²) < 4.78 is 40.2. The largest absolute Gasteiger partial charge is 0.417 e. The van der Waals surface area contributed by atoms with Crippen LogP contribution in [-0.2, 0) is 16.4 Å². The van der Waals surface area contributed by atoms with Crippen molar-refractivity contribution in [3.8, 4) is 6.07 Å². The van der Waals surface area contributed by atoms with E-state index in [4.69, 9.17) is 5.26 Å². The van der Waals surface area contributed by atoms with Crippen LogP contribution in [0.3, 0.4) is 0 Å². The molecule has 6 nitrogen and oxygen atoms in total. The van der Waals surface area contributed by atoms with Crippen LogP contribution in [0.25, 0.3) is 0 Å². The normalized spacial score (nSPS) is 17.5. The SMILES string of the molecule is CC(C)(C)c1ccc(N2CCN(CCCC(=O)N3CCCN(c4ccc(C#N)c(C(F)(F)F)c4)CC3)CC2)cc1. The average molecular weight is 556 g/mol. The van der Waals surface area contributed by atoms with E-state index in [1.807, 2.05) is 9.80 Å². The van der Waals surface area contributed by atoms with Crippen LogP contribution in [0.1, 0.15) is 56.7 Å². The summed E-state index contributed by atoms with van der Waals surface area (Å²) in [5, 5.41) is 9.05. The summed E-state index contributed by atoms with van der Waals surface area (Å²) in [4.78, 5) is 21.5. The number of anilines is 2. The Hall–Kier alpha value is -3.25. The van der Waals surface area contributed by atoms with Crippen LogP contribution < -0.4 is 9.80 Å². The van der Waals surface area contributed by atoms with E-state index in [0.717, 1.165) is 45.2 Å². The summed E-state index contributed by atoms with van der Waals surface area (Å²) in [6, 6.07) is 14.3. The number of rotatable bonds is 6. The van der Waals surface area contributed by atoms with Gasteiger partial charge in [0.25, 0.3) is 0 Å². The molecule has 0 aromatic heterocycles. The van der Waals surface area contributed by atoms with Gasteiger partial charge < -0.3 is 14.7 Å². The first kappa shape index (κ1) is 29.7. The molecule has 2 aliphatic rings. The monoisotopic (exact) mass is 555 g/mol. The molecule has 0 radical (unpaired) electrons. The van der Waals surface area contributed by atoms with E-state index in [-0.39, 0.29) is 16.9 Å². The Morgan fingerprint density at radius 3 is 2.10 bits per heavy atom. The number of amides is 1. The first-order chi connectivity index (χ1) is 19.0. The standard InChI is InChI=1S/C31H40F3N5O/c1-30(2,3)25-8-11-26(12-9-25)38-18-16-36(17-19-38)13-4-6-29(40)39-15-5-14-37(20-21-39)27-10-7-24(23-35)28(22-27)31(32,33)34/h7-12,22H,4-6,13-21H2,1-3H3. The van der Waals surface area contributed by atoms with Crippen molar-refractivity contribution in [3.05, 3.63) is 59.2 Å². The Morgan fingerprint density at radius 2 is 1.48 bits per heavy atom. The second-order valence-corrected chi connectivity index (χ2v) is 11.8. The van der Waals surface area contributed by atoms with Crippen molar-refractivity contribution in [3.63, 3.8) is 0 Å². The van der Waals surface area contributed by atoms with Crippen molar-refractivity contribution < 1.29 is 18.0 Å². The zero-order valence-electron chi connectivity index (χ0n) is 23.8. The minimum Gasteiger partial charge on any atom is -0.370 e. The summed E-state index contributed by atoms with van der Waals surface area (Å²) in [7, 11) is 0. The summed E-state index contributed by atoms with van der Waals surface area (Å²) in [5.41, 5.74) is 1.88. The second-order valence-electron chi connectivity index (χ2n) is 11.8. The van der Waals surface area contributed by atoms with Crippen LogP contribution in [0.5, 0.6) is 0 Å². The molecule has 0 bridgehead atoms. The van der Waals surface area contributed by atoms with Crippen molar-refractivity contribution >= 4 is 17.3 Å². The van der Waals surface area contributed by atoms with Gasteiger partial charge in [-0.25, -0.2) is 0 Å². The van der Waals surface area contributed by atoms with E-state index in [1.165, 1.54) is 17.3 Å². The molecule has 2 aromatic rings. The fourth-order valence-electron chi connectivity index (χ4n) is 5.50. The molecule has 0 unspecified atom stereocenters. The van der Waals surface area contributed by atoms with E-state index < -0.39 is 11.7 Å². The Kier molecular flexibility index (Phi) is 9.29. The molecule has 2 fully saturated rings. The van der Waals surface area contributed by atoms with Gasteiger partial charge in [-0.2, -0.15) is 18.4 Å². The lowest BCUT2D eigenvalue weighted by atomic mass is 9.87. The maximum absolute atomic E-state index is 13.4. The van der Waals surface area contributed by atoms with Crippen LogP contribution in [0, 0.1) is 11.3 Å². The lowest BCUT2D eigenvalue weighted by Gasteiger charge is -2.36. The van der Waals surface area contributed by atoms with Crippen LogP contribution in [0.2, 0.25) is 0 Å². The van der Waals surface area contributed by atoms with Gasteiger partial charge in [0.1, 0.15) is 0 Å². The molecule has 40 heavy (non-hydrogen) atoms. The highest BCUT2D eigenvalue weighted by Gasteiger charge is 2.34. The van der Waals surface area contributed by atoms with Crippen molar-refractivity contribution in [2.75, 3.05) is 68.7 Å². The van der Waals surface area contributed by atoms with Crippen LogP contribution in [0.15, 0.2) is 42.5 Å². The Labute approximate surface area is 236 Å². The van der Waals surface area contributed by atoms with E-state index in [0.29, 0.717) is 44.7 Å². The highest BCUT2D eigenvalue weighted by atomic mass is 19.4. The number of alkyl halides is 3. The number of halogens is 3. The lowest BCUT2D eigenvalue weighted by Crippen LogP contribution is -2.46. The van der Waals surface area contributed by atoms with Gasteiger partial charge in [-0.1, -0.05) is 32.9 Å². The minimum atomic E-state index is -4.58. The number of hydrogen-bond acceptors (Lipinski definition) is 5. The predicted molar refractivity (Wildman–Crippen MR) is 153 cm³/mol. The molecule has 0 atom stereocenters. The van der Waals surface area contributed by atoms with Crippen molar-refractivity contribution in [1.82, 2.24) is 9.80 Å². The second kappa shape index (κ2) is 12.5. The Balaban J connectivity index is 1.21. The molecule has 0 N–H and O–H groups in total. The lowest BCUT2D eigenvalue weighted by molar-refractivity contribution is -0.137. The zero-order valence-corrected chi connectivity index (χ0v) is 23.8. The van der Waals surface area contributed by atoms with E-state index >= 15 is 0 Å². The molecule has 216 valence electrons. The quantitative estimate of drug-likeness (QED) is 0.470. The molecule has 0 spiro atoms. The van der Waals surface area contributed by atoms with Crippen molar-refractivity contribution in [2.45, 2.75) is 51.6 Å². The maximum atomic E-state index is 13.4. The zero-order chi connectivity index (χ0) is 28.9. The van der Waals surface area contributed by atoms with Crippen LogP contribution in [0.4, 0.5) is 24.5 Å². The van der Waals surface area contributed by atoms with Crippen LogP contribution >= 0.6 is 0 Å². The Bertz CT molecular complexity index is 1190. The van der Waals surface area contributed by atoms with Gasteiger partial charge >= 0.3 is 6.18 Å². The topological polar surface area (TPSA) is 53.8 Å². The third-order valence-electron chi connectivity index (χ3n) is 7.98. The van der Waals surface area contributed by atoms with Crippen molar-refractivity contribution in [2.24, 2.45) is 0 Å². The number of hydrogen-bond donors (Lipinski definition) is 0. The maximum Gasteiger partial charge on any atom is 0.417 e. The molecular formula is C31H40F3N5O. The average Bonchev–Trinajstić information content (AvgIpc) is 3.19. The van der Waals surface area contributed by atoms with Gasteiger partial charge in [-0.3, -0.25) is 9.69 Å². The predicted octanol–water partition coefficient (Wildman–Crippen LogP) is 5.52. The smallest absolute Gasteiger partial charge is 0.370 e. The van der Waals surface area contributed by atoms with Crippen LogP contribution in [-0.4, -0.2) is 74.6 Å². The molecule has 2 aliphatic heterocycles. The molecule has 0 aliphatic carbocycles. The summed E-state index contributed by atoms with van der Waals surface area (Å²) in [6.45, 7) is 13.5.